The zero-order valence-electron chi connectivity index (χ0n) is 15.9. The van der Waals surface area contributed by atoms with E-state index in [2.05, 4.69) is 25.1 Å². The zero-order valence-corrected chi connectivity index (χ0v) is 15.9. The molecule has 1 atom stereocenters. The first-order chi connectivity index (χ1) is 12.6. The average Bonchev–Trinajstić information content (AvgIpc) is 3.02. The molecule has 142 valence electrons. The van der Waals surface area contributed by atoms with Crippen LogP contribution >= 0.6 is 0 Å². The largest absolute Gasteiger partial charge is 0.483 e. The maximum Gasteiger partial charge on any atom is 0.226 e. The van der Waals surface area contributed by atoms with Gasteiger partial charge in [0.05, 0.1) is 19.8 Å². The molecule has 1 amide bonds. The van der Waals surface area contributed by atoms with Gasteiger partial charge in [-0.05, 0) is 45.8 Å². The quantitative estimate of drug-likeness (QED) is 0.815. The third kappa shape index (κ3) is 3.47. The molecular weight excluding hydrogens is 328 g/mol. The molecule has 1 saturated carbocycles. The molecule has 5 heteroatoms. The number of amides is 1. The molecule has 1 unspecified atom stereocenters. The maximum absolute atomic E-state index is 13.3. The van der Waals surface area contributed by atoms with Crippen molar-refractivity contribution < 1.29 is 14.3 Å². The molecule has 1 aliphatic carbocycles. The van der Waals surface area contributed by atoms with Crippen LogP contribution in [0.15, 0.2) is 24.3 Å². The van der Waals surface area contributed by atoms with Crippen molar-refractivity contribution in [3.63, 3.8) is 0 Å². The van der Waals surface area contributed by atoms with Gasteiger partial charge >= 0.3 is 0 Å². The number of rotatable bonds is 2. The maximum atomic E-state index is 13.3. The van der Waals surface area contributed by atoms with Crippen molar-refractivity contribution in [3.05, 3.63) is 29.8 Å². The molecule has 4 rings (SSSR count). The predicted molar refractivity (Wildman–Crippen MR) is 100 cm³/mol. The predicted octanol–water partition coefficient (Wildman–Crippen LogP) is 2.69. The van der Waals surface area contributed by atoms with Crippen LogP contribution in [0.2, 0.25) is 0 Å². The van der Waals surface area contributed by atoms with Gasteiger partial charge in [0, 0.05) is 30.5 Å². The Hall–Kier alpha value is -1.59. The Kier molecular flexibility index (Phi) is 4.93. The van der Waals surface area contributed by atoms with Crippen molar-refractivity contribution in [2.75, 3.05) is 33.9 Å². The van der Waals surface area contributed by atoms with Crippen molar-refractivity contribution in [2.24, 2.45) is 5.92 Å². The highest BCUT2D eigenvalue weighted by Gasteiger charge is 2.43. The first kappa shape index (κ1) is 17.8. The average molecular weight is 358 g/mol. The number of fused-ring (bicyclic) bond motifs is 1. The highest BCUT2D eigenvalue weighted by molar-refractivity contribution is 5.79. The molecule has 0 aromatic heterocycles. The molecule has 0 N–H and O–H groups in total. The fourth-order valence-electron chi connectivity index (χ4n) is 4.66. The first-order valence-corrected chi connectivity index (χ1v) is 9.86. The van der Waals surface area contributed by atoms with E-state index in [1.54, 1.807) is 0 Å². The molecule has 5 nitrogen and oxygen atoms in total. The van der Waals surface area contributed by atoms with Gasteiger partial charge < -0.3 is 19.3 Å². The van der Waals surface area contributed by atoms with Gasteiger partial charge in [0.1, 0.15) is 5.75 Å². The van der Waals surface area contributed by atoms with E-state index in [9.17, 15) is 4.79 Å². The van der Waals surface area contributed by atoms with Gasteiger partial charge in [-0.2, -0.15) is 0 Å². The zero-order chi connectivity index (χ0) is 18.1. The second kappa shape index (κ2) is 7.20. The summed E-state index contributed by atoms with van der Waals surface area (Å²) >= 11 is 0. The van der Waals surface area contributed by atoms with Crippen molar-refractivity contribution in [1.82, 2.24) is 9.80 Å². The van der Waals surface area contributed by atoms with Crippen LogP contribution in [0.1, 0.15) is 37.7 Å². The Morgan fingerprint density at radius 3 is 2.65 bits per heavy atom. The Morgan fingerprint density at radius 2 is 1.96 bits per heavy atom. The number of carbonyl (C=O) groups is 1. The first-order valence-electron chi connectivity index (χ1n) is 9.86. The summed E-state index contributed by atoms with van der Waals surface area (Å²) in [6.45, 7) is 2.55. The molecule has 1 spiro atoms. The van der Waals surface area contributed by atoms with E-state index in [4.69, 9.17) is 9.47 Å². The molecule has 0 radical (unpaired) electrons. The summed E-state index contributed by atoms with van der Waals surface area (Å²) in [5.74, 6) is 1.36. The third-order valence-electron chi connectivity index (χ3n) is 6.29. The lowest BCUT2D eigenvalue weighted by molar-refractivity contribution is -0.140. The SMILES string of the molecule is CN(C)C1CCC(C(=O)N2Cc3ccccc3OC3(CCOC3)C2)CC1. The van der Waals surface area contributed by atoms with Gasteiger partial charge in [0.15, 0.2) is 5.60 Å². The molecule has 2 aliphatic heterocycles. The highest BCUT2D eigenvalue weighted by Crippen LogP contribution is 2.36. The third-order valence-corrected chi connectivity index (χ3v) is 6.29. The summed E-state index contributed by atoms with van der Waals surface area (Å²) in [6, 6.07) is 8.74. The van der Waals surface area contributed by atoms with E-state index in [0.717, 1.165) is 43.4 Å². The van der Waals surface area contributed by atoms with Crippen LogP contribution in [-0.2, 0) is 16.1 Å². The molecule has 1 aromatic rings. The number of carbonyl (C=O) groups excluding carboxylic acids is 1. The Bertz CT molecular complexity index is 646. The normalized spacial score (nSPS) is 31.6. The van der Waals surface area contributed by atoms with Gasteiger partial charge in [-0.1, -0.05) is 18.2 Å². The van der Waals surface area contributed by atoms with Crippen LogP contribution in [0, 0.1) is 5.92 Å². The molecule has 0 bridgehead atoms. The van der Waals surface area contributed by atoms with Crippen LogP contribution < -0.4 is 4.74 Å². The Morgan fingerprint density at radius 1 is 1.19 bits per heavy atom. The number of benzene rings is 1. The minimum Gasteiger partial charge on any atom is -0.483 e. The van der Waals surface area contributed by atoms with Crippen molar-refractivity contribution in [3.8, 4) is 5.75 Å². The van der Waals surface area contributed by atoms with Gasteiger partial charge in [-0.25, -0.2) is 0 Å². The van der Waals surface area contributed by atoms with Gasteiger partial charge in [0.25, 0.3) is 0 Å². The number of hydrogen-bond acceptors (Lipinski definition) is 4. The van der Waals surface area contributed by atoms with E-state index in [1.165, 1.54) is 0 Å². The van der Waals surface area contributed by atoms with Crippen LogP contribution in [-0.4, -0.2) is 61.2 Å². The number of hydrogen-bond donors (Lipinski definition) is 0. The summed E-state index contributed by atoms with van der Waals surface area (Å²) in [5.41, 5.74) is 0.718. The van der Waals surface area contributed by atoms with Crippen LogP contribution in [0.4, 0.5) is 0 Å². The van der Waals surface area contributed by atoms with Gasteiger partial charge in [-0.15, -0.1) is 0 Å². The fraction of sp³-hybridized carbons (Fsp3) is 0.667. The summed E-state index contributed by atoms with van der Waals surface area (Å²) in [5, 5.41) is 0. The summed E-state index contributed by atoms with van der Waals surface area (Å²) in [4.78, 5) is 17.7. The molecule has 2 fully saturated rings. The molecule has 26 heavy (non-hydrogen) atoms. The smallest absolute Gasteiger partial charge is 0.226 e. The fourth-order valence-corrected chi connectivity index (χ4v) is 4.66. The second-order valence-electron chi connectivity index (χ2n) is 8.36. The van der Waals surface area contributed by atoms with E-state index < -0.39 is 0 Å². The van der Waals surface area contributed by atoms with Crippen molar-refractivity contribution >= 4 is 5.91 Å². The molecule has 1 saturated heterocycles. The number of ether oxygens (including phenoxy) is 2. The van der Waals surface area contributed by atoms with Crippen molar-refractivity contribution in [2.45, 2.75) is 50.3 Å². The monoisotopic (exact) mass is 358 g/mol. The topological polar surface area (TPSA) is 42.0 Å². The minimum atomic E-state index is -0.386. The highest BCUT2D eigenvalue weighted by atomic mass is 16.6. The molecule has 3 aliphatic rings. The summed E-state index contributed by atoms with van der Waals surface area (Å²) in [7, 11) is 4.28. The second-order valence-corrected chi connectivity index (χ2v) is 8.36. The Labute approximate surface area is 156 Å². The lowest BCUT2D eigenvalue weighted by Crippen LogP contribution is -2.50. The summed E-state index contributed by atoms with van der Waals surface area (Å²) < 4.78 is 12.0. The van der Waals surface area contributed by atoms with Gasteiger partial charge in [0.2, 0.25) is 5.91 Å². The van der Waals surface area contributed by atoms with Crippen molar-refractivity contribution in [1.29, 1.82) is 0 Å². The molecular formula is C21H30N2O3. The number of nitrogens with zero attached hydrogens (tertiary/aromatic N) is 2. The van der Waals surface area contributed by atoms with Crippen LogP contribution in [0.25, 0.3) is 0 Å². The standard InChI is InChI=1S/C21H30N2O3/c1-22(2)18-9-7-16(8-10-18)20(24)23-13-17-5-3-4-6-19(17)26-21(14-23)11-12-25-15-21/h3-6,16,18H,7-15H2,1-2H3. The minimum absolute atomic E-state index is 0.149. The van der Waals surface area contributed by atoms with Gasteiger partial charge in [-0.3, -0.25) is 4.79 Å². The lowest BCUT2D eigenvalue weighted by atomic mass is 9.84. The van der Waals surface area contributed by atoms with E-state index in [-0.39, 0.29) is 11.5 Å². The molecule has 1 aromatic carbocycles. The summed E-state index contributed by atoms with van der Waals surface area (Å²) in [6.07, 6.45) is 5.05. The lowest BCUT2D eigenvalue weighted by Gasteiger charge is -2.36. The van der Waals surface area contributed by atoms with E-state index in [0.29, 0.717) is 38.3 Å². The van der Waals surface area contributed by atoms with E-state index in [1.807, 2.05) is 23.1 Å². The van der Waals surface area contributed by atoms with Crippen LogP contribution in [0.5, 0.6) is 5.75 Å². The van der Waals surface area contributed by atoms with E-state index >= 15 is 0 Å². The Balaban J connectivity index is 1.53. The number of para-hydroxylation sites is 1. The van der Waals surface area contributed by atoms with Crippen LogP contribution in [0.3, 0.4) is 0 Å². The molecule has 2 heterocycles.